The Balaban J connectivity index is 0.000000264. The van der Waals surface area contributed by atoms with E-state index in [1.165, 1.54) is 28.3 Å². The topological polar surface area (TPSA) is 158 Å². The van der Waals surface area contributed by atoms with Crippen LogP contribution in [0.1, 0.15) is 160 Å². The Morgan fingerprint density at radius 1 is 0.496 bits per heavy atom. The molecule has 10 rings (SSSR count). The van der Waals surface area contributed by atoms with Gasteiger partial charge in [-0.2, -0.15) is 50.7 Å². The molecule has 2 heterocycles. The third kappa shape index (κ3) is 22.0. The Hall–Kier alpha value is -8.77. The molecule has 0 amide bonds. The molecule has 2 aliphatic rings. The van der Waals surface area contributed by atoms with Crippen molar-refractivity contribution < 1.29 is 99.8 Å². The number of alkyl halides is 6. The fraction of sp³-hybridized carbons (Fsp3) is 0.308. The summed E-state index contributed by atoms with van der Waals surface area (Å²) in [6.07, 6.45) is 5.33. The van der Waals surface area contributed by atoms with Crippen molar-refractivity contribution in [2.75, 3.05) is 26.2 Å². The normalized spacial score (nSPS) is 14.1. The van der Waals surface area contributed by atoms with Crippen molar-refractivity contribution in [3.8, 4) is 0 Å². The van der Waals surface area contributed by atoms with E-state index in [4.69, 9.17) is 28.2 Å². The van der Waals surface area contributed by atoms with Gasteiger partial charge >= 0.3 is 31.3 Å². The molecule has 35 heteroatoms. The van der Waals surface area contributed by atoms with Gasteiger partial charge in [0.25, 0.3) is 0 Å². The van der Waals surface area contributed by atoms with Gasteiger partial charge in [0, 0.05) is 33.0 Å². The lowest BCUT2D eigenvalue weighted by Gasteiger charge is -2.32. The van der Waals surface area contributed by atoms with Crippen LogP contribution in [0.25, 0.3) is 0 Å². The molecule has 0 aromatic heterocycles. The maximum Gasteiger partial charge on any atom is 0.534 e. The Morgan fingerprint density at radius 3 is 1.24 bits per heavy atom. The SMILES string of the molecule is CC(C)c1cccc(C(C)C)c1N=C(OS(=O)(=O)C(F)(F)F)c1ccccc1.Cc1cc(C)c(N=C(c2c(F)c(F)c(F)c(F)c2F)N2C=NCCC2)c(Cl)c1.Cc1cc(C)c(N=C(c2c(F)c(F)c(F)c(F)c2F)N2[C-]=[N+](C(=Nc3c(C(C)C)cccc3C(C)C)c3ccccc3)CCC2)c(Cl)c1.O=S(=O)(OI)C(F)(F)F.[2HH]. The zero-order valence-electron chi connectivity index (χ0n) is 62.2. The molecule has 0 aliphatic carbocycles. The molecular weight excluding hydrogens is 1710 g/mol. The summed E-state index contributed by atoms with van der Waals surface area (Å²) in [4.78, 5) is 24.8. The van der Waals surface area contributed by atoms with Crippen molar-refractivity contribution in [1.82, 2.24) is 9.80 Å². The van der Waals surface area contributed by atoms with Gasteiger partial charge < -0.3 is 18.6 Å². The molecule has 0 bridgehead atoms. The maximum absolute atomic E-state index is 15.5. The first kappa shape index (κ1) is 91.4. The van der Waals surface area contributed by atoms with E-state index in [1.807, 2.05) is 101 Å². The Morgan fingerprint density at radius 2 is 0.876 bits per heavy atom. The molecular formula is C78H75Cl2F16IN8O6S2. The van der Waals surface area contributed by atoms with Crippen LogP contribution in [0.2, 0.25) is 10.0 Å². The van der Waals surface area contributed by atoms with Gasteiger partial charge in [-0.3, -0.25) is 9.98 Å². The lowest BCUT2D eigenvalue weighted by molar-refractivity contribution is -0.413. The van der Waals surface area contributed by atoms with Gasteiger partial charge in [-0.05, 0) is 132 Å². The van der Waals surface area contributed by atoms with Crippen molar-refractivity contribution in [2.24, 2.45) is 25.0 Å². The number of aryl methyl sites for hydroxylation is 4. The zero-order chi connectivity index (χ0) is 84.3. The molecule has 8 aromatic rings. The summed E-state index contributed by atoms with van der Waals surface area (Å²) in [5, 5.41) is 0.341. The maximum atomic E-state index is 15.5. The number of hydrogen-bond acceptors (Lipinski definition) is 11. The fourth-order valence-electron chi connectivity index (χ4n) is 11.3. The summed E-state index contributed by atoms with van der Waals surface area (Å²) in [6.45, 7) is 24.3. The Bertz CT molecular complexity index is 5120. The first-order valence-corrected chi connectivity index (χ1v) is 38.7. The van der Waals surface area contributed by atoms with Crippen LogP contribution in [-0.2, 0) is 26.9 Å². The quantitative estimate of drug-likeness (QED) is 0.00994. The van der Waals surface area contributed by atoms with E-state index >= 15 is 8.78 Å². The Kier molecular flexibility index (Phi) is 31.2. The van der Waals surface area contributed by atoms with Crippen LogP contribution in [0.15, 0.2) is 146 Å². The number of aliphatic imine (C=N–C) groups is 5. The third-order valence-electron chi connectivity index (χ3n) is 16.8. The number of halogens is 19. The third-order valence-corrected chi connectivity index (χ3v) is 20.5. The molecule has 0 atom stereocenters. The van der Waals surface area contributed by atoms with Crippen LogP contribution < -0.4 is 0 Å². The molecule has 0 fully saturated rings. The first-order valence-electron chi connectivity index (χ1n) is 34.2. The van der Waals surface area contributed by atoms with Gasteiger partial charge in [0.2, 0.25) is 11.7 Å². The van der Waals surface area contributed by atoms with Crippen molar-refractivity contribution >= 4 is 125 Å². The van der Waals surface area contributed by atoms with Crippen LogP contribution >= 0.6 is 46.2 Å². The molecule has 0 N–H and O–H groups in total. The molecule has 113 heavy (non-hydrogen) atoms. The monoisotopic (exact) mass is 1790 g/mol. The smallest absolute Gasteiger partial charge is 0.355 e. The van der Waals surface area contributed by atoms with Crippen LogP contribution in [0.5, 0.6) is 0 Å². The highest BCUT2D eigenvalue weighted by Crippen LogP contribution is 2.41. The van der Waals surface area contributed by atoms with E-state index in [0.29, 0.717) is 71.6 Å². The largest absolute Gasteiger partial charge is 0.534 e. The van der Waals surface area contributed by atoms with Gasteiger partial charge in [0.1, 0.15) is 46.7 Å². The molecule has 2 aliphatic heterocycles. The van der Waals surface area contributed by atoms with E-state index < -0.39 is 118 Å². The van der Waals surface area contributed by atoms with Crippen LogP contribution in [0.4, 0.5) is 93.0 Å². The average molecular weight is 1790 g/mol. The summed E-state index contributed by atoms with van der Waals surface area (Å²) in [7, 11) is -11.2. The van der Waals surface area contributed by atoms with Crippen molar-refractivity contribution in [3.63, 3.8) is 0 Å². The van der Waals surface area contributed by atoms with E-state index in [1.54, 1.807) is 67.8 Å². The second-order valence-electron chi connectivity index (χ2n) is 26.6. The van der Waals surface area contributed by atoms with Crippen molar-refractivity contribution in [1.29, 1.82) is 0 Å². The predicted octanol–water partition coefficient (Wildman–Crippen LogP) is 23.2. The van der Waals surface area contributed by atoms with Crippen molar-refractivity contribution in [2.45, 2.75) is 131 Å². The number of rotatable bonds is 14. The molecule has 0 saturated carbocycles. The number of hydrogen-bond donors (Lipinski definition) is 0. The molecule has 0 unspecified atom stereocenters. The second kappa shape index (κ2) is 38.6. The highest BCUT2D eigenvalue weighted by atomic mass is 127. The summed E-state index contributed by atoms with van der Waals surface area (Å²) >= 11 is 13.4. The minimum Gasteiger partial charge on any atom is -0.355 e. The highest BCUT2D eigenvalue weighted by molar-refractivity contribution is 14.1. The predicted molar refractivity (Wildman–Crippen MR) is 416 cm³/mol. The standard InChI is InChI=1S/C38H36ClF5N4.C20H22F3NO3S.C19H15ClF5N3.CF3IO3S.H2/c1-21(2)26-14-10-15-27(22(3)4)36(26)46-37(25-12-8-7-9-13-25)47-16-11-17-48(20-47)38(45-35-24(6)18-23(5)19-28(35)39)29-30(40)32(42)34(44)33(43)31(29)41;1-13(2)16-11-8-12-17(14(3)4)18(16)24-19(15-9-6-5-7-10-15)27-28(25,26)20(21,22)23;1-9-6-10(2)18(11(20)7-9)27-19(28-5-3-4-26-8-28)12-13(21)15(23)17(25)16(24)14(12)22;2-1(3,4)9(6,7)8-5;/h7-10,12-15,18-19,21-22H,11,16-17H2,1-6H3;5-14H,1-4H3;6-8H,3-5H2,1-2H3;;1H/i;;;;1+1. The summed E-state index contributed by atoms with van der Waals surface area (Å²) in [5.41, 5.74) is -4.35. The Labute approximate surface area is 668 Å². The van der Waals surface area contributed by atoms with E-state index in [2.05, 4.69) is 60.7 Å². The van der Waals surface area contributed by atoms with Crippen molar-refractivity contribution in [3.05, 3.63) is 256 Å². The molecule has 14 nitrogen and oxygen atoms in total. The van der Waals surface area contributed by atoms with Gasteiger partial charge in [0.15, 0.2) is 58.2 Å². The van der Waals surface area contributed by atoms with Gasteiger partial charge in [0.05, 0.1) is 51.1 Å². The molecule has 0 saturated heterocycles. The van der Waals surface area contributed by atoms with Gasteiger partial charge in [-0.15, -0.1) is 0 Å². The lowest BCUT2D eigenvalue weighted by Crippen LogP contribution is -2.43. The highest BCUT2D eigenvalue weighted by Gasteiger charge is 2.50. The van der Waals surface area contributed by atoms with Crippen LogP contribution in [-0.4, -0.2) is 104 Å². The minimum absolute atomic E-state index is 0. The van der Waals surface area contributed by atoms with E-state index in [9.17, 15) is 78.3 Å². The van der Waals surface area contributed by atoms with E-state index in [0.717, 1.165) is 44.6 Å². The average Bonchev–Trinajstić information content (AvgIpc) is 0.772. The minimum atomic E-state index is -5.86. The molecule has 0 spiro atoms. The van der Waals surface area contributed by atoms with Gasteiger partial charge in [-0.1, -0.05) is 176 Å². The summed E-state index contributed by atoms with van der Waals surface area (Å²) in [5.74, 6) is -21.4. The van der Waals surface area contributed by atoms with E-state index in [-0.39, 0.29) is 65.2 Å². The number of amidine groups is 3. The van der Waals surface area contributed by atoms with Crippen LogP contribution in [0, 0.1) is 85.9 Å². The number of nitrogens with zero attached hydrogens (tertiary/aromatic N) is 8. The first-order chi connectivity index (χ1) is 52.8. The molecule has 608 valence electrons. The molecule has 8 aromatic carbocycles. The second-order valence-corrected chi connectivity index (χ2v) is 31.6. The number of benzene rings is 8. The lowest BCUT2D eigenvalue weighted by atomic mass is 9.93. The number of para-hydroxylation sites is 2. The van der Waals surface area contributed by atoms with Gasteiger partial charge in [-0.25, -0.2) is 53.9 Å². The summed E-state index contributed by atoms with van der Waals surface area (Å²) in [6, 6.07) is 35.3. The summed E-state index contributed by atoms with van der Waals surface area (Å²) < 4.78 is 268. The van der Waals surface area contributed by atoms with Crippen LogP contribution in [0.3, 0.4) is 0 Å². The molecule has 0 radical (unpaired) electrons. The zero-order valence-corrected chi connectivity index (χ0v) is 67.5. The fourth-order valence-corrected chi connectivity index (χ4v) is 13.2.